The molecule has 6 nitrogen and oxygen atoms in total. The lowest BCUT2D eigenvalue weighted by atomic mass is 10.3. The number of carbonyl (C=O) groups is 1. The molecule has 1 N–H and O–H groups in total. The van der Waals surface area contributed by atoms with Crippen LogP contribution in [0.2, 0.25) is 10.0 Å². The molecule has 0 aliphatic carbocycles. The smallest absolute Gasteiger partial charge is 0.322 e. The summed E-state index contributed by atoms with van der Waals surface area (Å²) >= 11 is 11.6. The summed E-state index contributed by atoms with van der Waals surface area (Å²) in [6.07, 6.45) is 0. The molecule has 0 saturated carbocycles. The third kappa shape index (κ3) is 3.84. The molecule has 0 aliphatic heterocycles. The maximum Gasteiger partial charge on any atom is 0.322 e. The first-order valence-corrected chi connectivity index (χ1v) is 5.98. The fraction of sp³-hybridized carbons (Fsp3) is 0.182. The predicted octanol–water partition coefficient (Wildman–Crippen LogP) is 2.70. The molecule has 8 heteroatoms. The van der Waals surface area contributed by atoms with E-state index >= 15 is 0 Å². The van der Waals surface area contributed by atoms with E-state index in [2.05, 4.69) is 15.5 Å². The van der Waals surface area contributed by atoms with E-state index in [0.29, 0.717) is 21.7 Å². The first-order valence-electron chi connectivity index (χ1n) is 5.22. The highest BCUT2D eigenvalue weighted by atomic mass is 35.5. The molecule has 100 valence electrons. The van der Waals surface area contributed by atoms with E-state index < -0.39 is 5.91 Å². The van der Waals surface area contributed by atoms with E-state index in [-0.39, 0.29) is 12.6 Å². The number of amides is 1. The maximum atomic E-state index is 11.5. The summed E-state index contributed by atoms with van der Waals surface area (Å²) in [6.45, 7) is 1.38. The zero-order valence-electron chi connectivity index (χ0n) is 9.81. The van der Waals surface area contributed by atoms with Gasteiger partial charge in [0.2, 0.25) is 5.89 Å². The highest BCUT2D eigenvalue weighted by molar-refractivity contribution is 6.35. The van der Waals surface area contributed by atoms with Crippen LogP contribution < -0.4 is 10.1 Å². The fourth-order valence-corrected chi connectivity index (χ4v) is 1.70. The maximum absolute atomic E-state index is 11.5. The molecule has 0 unspecified atom stereocenters. The molecule has 0 spiro atoms. The van der Waals surface area contributed by atoms with E-state index in [0.717, 1.165) is 0 Å². The van der Waals surface area contributed by atoms with Crippen LogP contribution in [-0.4, -0.2) is 22.7 Å². The number of hydrogen-bond donors (Lipinski definition) is 1. The van der Waals surface area contributed by atoms with Crippen LogP contribution in [0.25, 0.3) is 0 Å². The summed E-state index contributed by atoms with van der Waals surface area (Å²) < 4.78 is 10.2. The Labute approximate surface area is 118 Å². The molecule has 1 heterocycles. The minimum absolute atomic E-state index is 0.0216. The first kappa shape index (κ1) is 13.6. The molecule has 1 aromatic carbocycles. The quantitative estimate of drug-likeness (QED) is 0.939. The molecule has 2 aromatic rings. The lowest BCUT2D eigenvalue weighted by Gasteiger charge is -2.07. The standard InChI is InChI=1S/C11H9Cl2N3O3/c1-6-15-16-11(19-6)14-10(17)5-18-9-3-2-7(12)4-8(9)13/h2-4H,5H2,1H3,(H,14,16,17). The van der Waals surface area contributed by atoms with Gasteiger partial charge in [-0.15, -0.1) is 5.10 Å². The number of aryl methyl sites for hydroxylation is 1. The Morgan fingerprint density at radius 2 is 2.21 bits per heavy atom. The van der Waals surface area contributed by atoms with Crippen molar-refractivity contribution in [1.82, 2.24) is 10.2 Å². The van der Waals surface area contributed by atoms with Crippen molar-refractivity contribution in [3.8, 4) is 5.75 Å². The summed E-state index contributed by atoms with van der Waals surface area (Å²) in [7, 11) is 0. The molecule has 0 radical (unpaired) electrons. The average Bonchev–Trinajstić information content (AvgIpc) is 2.73. The number of nitrogens with zero attached hydrogens (tertiary/aromatic N) is 2. The Balaban J connectivity index is 1.89. The Morgan fingerprint density at radius 3 is 2.84 bits per heavy atom. The average molecular weight is 302 g/mol. The van der Waals surface area contributed by atoms with Crippen molar-refractivity contribution in [1.29, 1.82) is 0 Å². The number of halogens is 2. The number of hydrogen-bond acceptors (Lipinski definition) is 5. The normalized spacial score (nSPS) is 10.3. The molecule has 0 fully saturated rings. The molecule has 0 aliphatic rings. The Kier molecular flexibility index (Phi) is 4.24. The van der Waals surface area contributed by atoms with Gasteiger partial charge in [0.25, 0.3) is 5.91 Å². The van der Waals surface area contributed by atoms with Crippen molar-refractivity contribution in [3.05, 3.63) is 34.1 Å². The number of ether oxygens (including phenoxy) is 1. The van der Waals surface area contributed by atoms with Crippen LogP contribution in [0.3, 0.4) is 0 Å². The highest BCUT2D eigenvalue weighted by Gasteiger charge is 2.10. The van der Waals surface area contributed by atoms with Gasteiger partial charge < -0.3 is 9.15 Å². The number of rotatable bonds is 4. The molecule has 19 heavy (non-hydrogen) atoms. The first-order chi connectivity index (χ1) is 9.04. The van der Waals surface area contributed by atoms with E-state index in [1.54, 1.807) is 19.1 Å². The molecule has 1 amide bonds. The lowest BCUT2D eigenvalue weighted by Crippen LogP contribution is -2.20. The molecule has 0 atom stereocenters. The van der Waals surface area contributed by atoms with E-state index in [9.17, 15) is 4.79 Å². The zero-order valence-corrected chi connectivity index (χ0v) is 11.3. The summed E-state index contributed by atoms with van der Waals surface area (Å²) in [6, 6.07) is 4.74. The predicted molar refractivity (Wildman–Crippen MR) is 69.6 cm³/mol. The van der Waals surface area contributed by atoms with Crippen molar-refractivity contribution in [2.24, 2.45) is 0 Å². The number of nitrogens with one attached hydrogen (secondary N) is 1. The monoisotopic (exact) mass is 301 g/mol. The minimum Gasteiger partial charge on any atom is -0.482 e. The van der Waals surface area contributed by atoms with Crippen LogP contribution in [0, 0.1) is 6.92 Å². The van der Waals surface area contributed by atoms with E-state index in [4.69, 9.17) is 32.4 Å². The SMILES string of the molecule is Cc1nnc(NC(=O)COc2ccc(Cl)cc2Cl)o1. The molecule has 0 bridgehead atoms. The van der Waals surface area contributed by atoms with Gasteiger partial charge in [-0.25, -0.2) is 0 Å². The van der Waals surface area contributed by atoms with Gasteiger partial charge in [0.15, 0.2) is 6.61 Å². The van der Waals surface area contributed by atoms with Crippen LogP contribution in [0.4, 0.5) is 6.01 Å². The minimum atomic E-state index is -0.435. The highest BCUT2D eigenvalue weighted by Crippen LogP contribution is 2.27. The van der Waals surface area contributed by atoms with E-state index in [1.165, 1.54) is 6.07 Å². The number of anilines is 1. The third-order valence-electron chi connectivity index (χ3n) is 2.03. The van der Waals surface area contributed by atoms with Gasteiger partial charge in [-0.05, 0) is 18.2 Å². The third-order valence-corrected chi connectivity index (χ3v) is 2.56. The van der Waals surface area contributed by atoms with Crippen LogP contribution in [0.5, 0.6) is 5.75 Å². The topological polar surface area (TPSA) is 77.2 Å². The van der Waals surface area contributed by atoms with Gasteiger partial charge in [-0.1, -0.05) is 28.3 Å². The van der Waals surface area contributed by atoms with Crippen LogP contribution in [-0.2, 0) is 4.79 Å². The second kappa shape index (κ2) is 5.90. The fourth-order valence-electron chi connectivity index (χ4n) is 1.24. The van der Waals surface area contributed by atoms with Gasteiger partial charge in [0, 0.05) is 11.9 Å². The molecule has 2 rings (SSSR count). The van der Waals surface area contributed by atoms with Gasteiger partial charge >= 0.3 is 6.01 Å². The number of benzene rings is 1. The van der Waals surface area contributed by atoms with Gasteiger partial charge in [-0.3, -0.25) is 10.1 Å². The van der Waals surface area contributed by atoms with Crippen molar-refractivity contribution >= 4 is 35.1 Å². The number of carbonyl (C=O) groups excluding carboxylic acids is 1. The summed E-state index contributed by atoms with van der Waals surface area (Å²) in [5, 5.41) is 10.4. The lowest BCUT2D eigenvalue weighted by molar-refractivity contribution is -0.118. The van der Waals surface area contributed by atoms with Crippen LogP contribution in [0.15, 0.2) is 22.6 Å². The summed E-state index contributed by atoms with van der Waals surface area (Å²) in [4.78, 5) is 11.5. The van der Waals surface area contributed by atoms with Crippen molar-refractivity contribution in [3.63, 3.8) is 0 Å². The van der Waals surface area contributed by atoms with Gasteiger partial charge in [0.1, 0.15) is 5.75 Å². The Morgan fingerprint density at radius 1 is 1.42 bits per heavy atom. The zero-order chi connectivity index (χ0) is 13.8. The summed E-state index contributed by atoms with van der Waals surface area (Å²) in [5.41, 5.74) is 0. The number of aromatic nitrogens is 2. The van der Waals surface area contributed by atoms with Gasteiger partial charge in [0.05, 0.1) is 5.02 Å². The molecular formula is C11H9Cl2N3O3. The molecular weight excluding hydrogens is 293 g/mol. The van der Waals surface area contributed by atoms with E-state index in [1.807, 2.05) is 0 Å². The van der Waals surface area contributed by atoms with Crippen molar-refractivity contribution in [2.45, 2.75) is 6.92 Å². The second-order valence-corrected chi connectivity index (χ2v) is 4.38. The van der Waals surface area contributed by atoms with Crippen LogP contribution in [0.1, 0.15) is 5.89 Å². The largest absolute Gasteiger partial charge is 0.482 e. The van der Waals surface area contributed by atoms with Crippen molar-refractivity contribution < 1.29 is 13.9 Å². The molecule has 0 saturated heterocycles. The molecule has 1 aromatic heterocycles. The van der Waals surface area contributed by atoms with Crippen molar-refractivity contribution in [2.75, 3.05) is 11.9 Å². The summed E-state index contributed by atoms with van der Waals surface area (Å²) in [5.74, 6) is 0.287. The Hall–Kier alpha value is -1.79. The Bertz CT molecular complexity index is 601. The van der Waals surface area contributed by atoms with Gasteiger partial charge in [-0.2, -0.15) is 0 Å². The second-order valence-electron chi connectivity index (χ2n) is 3.54. The van der Waals surface area contributed by atoms with Crippen LogP contribution >= 0.6 is 23.2 Å².